The lowest BCUT2D eigenvalue weighted by Gasteiger charge is -2.17. The molecule has 0 saturated carbocycles. The molecule has 0 unspecified atom stereocenters. The molecule has 2 aromatic carbocycles. The number of amides is 1. The number of aliphatic hydroxyl groups excluding tert-OH is 1. The van der Waals surface area contributed by atoms with E-state index in [0.29, 0.717) is 24.0 Å². The quantitative estimate of drug-likeness (QED) is 0.287. The predicted molar refractivity (Wildman–Crippen MR) is 117 cm³/mol. The van der Waals surface area contributed by atoms with Gasteiger partial charge in [0.05, 0.1) is 11.1 Å². The Balaban J connectivity index is 1.57. The molecule has 0 aliphatic rings. The monoisotopic (exact) mass is 483 g/mol. The van der Waals surface area contributed by atoms with Gasteiger partial charge in [-0.1, -0.05) is 0 Å². The van der Waals surface area contributed by atoms with Crippen LogP contribution in [0.5, 0.6) is 11.5 Å². The number of fused-ring (bicyclic) bond motifs is 1. The van der Waals surface area contributed by atoms with Crippen LogP contribution in [0.15, 0.2) is 42.6 Å². The largest absolute Gasteiger partial charge is 0.488 e. The normalized spacial score (nSPS) is 12.6. The Morgan fingerprint density at radius 3 is 2.62 bits per heavy atom. The van der Waals surface area contributed by atoms with Crippen LogP contribution in [0.2, 0.25) is 0 Å². The highest BCUT2D eigenvalue weighted by Crippen LogP contribution is 2.29. The van der Waals surface area contributed by atoms with E-state index >= 15 is 0 Å². The zero-order valence-corrected chi connectivity index (χ0v) is 18.4. The molecule has 0 aliphatic carbocycles. The van der Waals surface area contributed by atoms with Crippen molar-refractivity contribution in [1.29, 1.82) is 0 Å². The molecule has 0 fully saturated rings. The average Bonchev–Trinajstić information content (AvgIpc) is 3.17. The number of hydrogen-bond donors (Lipinski definition) is 3. The molecule has 0 saturated heterocycles. The molecule has 1 heterocycles. The Hall–Kier alpha value is -3.31. The molecule has 3 rings (SSSR count). The number of aromatic nitrogens is 1. The Morgan fingerprint density at radius 2 is 1.94 bits per heavy atom. The van der Waals surface area contributed by atoms with Gasteiger partial charge in [0.2, 0.25) is 0 Å². The van der Waals surface area contributed by atoms with Gasteiger partial charge in [0.25, 0.3) is 5.91 Å². The maximum Gasteiger partial charge on any atom is 0.422 e. The van der Waals surface area contributed by atoms with E-state index in [1.54, 1.807) is 18.3 Å². The fraction of sp³-hybridized carbons (Fsp3) is 0.348. The number of benzene rings is 2. The lowest BCUT2D eigenvalue weighted by Crippen LogP contribution is -2.32. The highest BCUT2D eigenvalue weighted by molar-refractivity contribution is 6.05. The summed E-state index contributed by atoms with van der Waals surface area (Å²) in [5, 5.41) is 13.4. The van der Waals surface area contributed by atoms with Crippen LogP contribution in [-0.4, -0.2) is 47.6 Å². The van der Waals surface area contributed by atoms with Gasteiger partial charge in [0, 0.05) is 30.2 Å². The maximum absolute atomic E-state index is 13.5. The molecule has 0 bridgehead atoms. The summed E-state index contributed by atoms with van der Waals surface area (Å²) < 4.78 is 62.4. The lowest BCUT2D eigenvalue weighted by molar-refractivity contribution is -0.153. The Morgan fingerprint density at radius 1 is 1.18 bits per heavy atom. The standard InChI is InChI=1S/C23H25F4N3O4/c1-14(8-15-9-16-4-6-30(13-31)21(16)18(10-15)22(28)32)29-5-7-33-20-11-17(24)2-3-19(20)34-12-23(25,26)27/h2-4,6,9-11,14,29,31H,5,7-8,12-13H2,1H3,(H2,28,32)/t14-/m0/s1. The number of nitrogens with one attached hydrogen (secondary N) is 1. The van der Waals surface area contributed by atoms with Crippen LogP contribution >= 0.6 is 0 Å². The minimum atomic E-state index is -4.53. The van der Waals surface area contributed by atoms with Gasteiger partial charge in [0.15, 0.2) is 18.1 Å². The first kappa shape index (κ1) is 25.3. The van der Waals surface area contributed by atoms with Gasteiger partial charge in [-0.05, 0) is 49.2 Å². The third kappa shape index (κ3) is 6.61. The van der Waals surface area contributed by atoms with E-state index in [1.165, 1.54) is 4.57 Å². The lowest BCUT2D eigenvalue weighted by atomic mass is 10.0. The summed E-state index contributed by atoms with van der Waals surface area (Å²) >= 11 is 0. The number of primary amides is 1. The molecule has 0 radical (unpaired) electrons. The number of halogens is 4. The van der Waals surface area contributed by atoms with Gasteiger partial charge in [0.1, 0.15) is 19.2 Å². The maximum atomic E-state index is 13.5. The molecule has 7 nitrogen and oxygen atoms in total. The van der Waals surface area contributed by atoms with Crippen molar-refractivity contribution in [2.45, 2.75) is 32.3 Å². The van der Waals surface area contributed by atoms with Crippen LogP contribution in [0.3, 0.4) is 0 Å². The first-order valence-corrected chi connectivity index (χ1v) is 10.4. The van der Waals surface area contributed by atoms with Crippen LogP contribution < -0.4 is 20.5 Å². The van der Waals surface area contributed by atoms with E-state index in [-0.39, 0.29) is 30.9 Å². The molecular formula is C23H25F4N3O4. The number of aliphatic hydroxyl groups is 1. The number of alkyl halides is 3. The van der Waals surface area contributed by atoms with Crippen molar-refractivity contribution in [3.05, 3.63) is 59.5 Å². The van der Waals surface area contributed by atoms with Crippen LogP contribution in [0.1, 0.15) is 22.8 Å². The number of hydrogen-bond acceptors (Lipinski definition) is 5. The van der Waals surface area contributed by atoms with Gasteiger partial charge < -0.3 is 30.2 Å². The molecule has 3 aromatic rings. The van der Waals surface area contributed by atoms with E-state index < -0.39 is 24.5 Å². The van der Waals surface area contributed by atoms with E-state index in [0.717, 1.165) is 29.1 Å². The topological polar surface area (TPSA) is 98.7 Å². The summed E-state index contributed by atoms with van der Waals surface area (Å²) in [7, 11) is 0. The molecule has 34 heavy (non-hydrogen) atoms. The first-order chi connectivity index (χ1) is 16.1. The second kappa shape index (κ2) is 10.7. The summed E-state index contributed by atoms with van der Waals surface area (Å²) in [5.74, 6) is -1.59. The van der Waals surface area contributed by atoms with Gasteiger partial charge >= 0.3 is 6.18 Å². The minimum Gasteiger partial charge on any atom is -0.488 e. The number of carbonyl (C=O) groups excluding carboxylic acids is 1. The van der Waals surface area contributed by atoms with Gasteiger partial charge in [-0.2, -0.15) is 13.2 Å². The average molecular weight is 483 g/mol. The van der Waals surface area contributed by atoms with Crippen molar-refractivity contribution < 1.29 is 36.9 Å². The molecular weight excluding hydrogens is 458 g/mol. The summed E-state index contributed by atoms with van der Waals surface area (Å²) in [6, 6.07) is 8.35. The summed E-state index contributed by atoms with van der Waals surface area (Å²) in [6.07, 6.45) is -2.32. The van der Waals surface area contributed by atoms with E-state index in [4.69, 9.17) is 15.2 Å². The SMILES string of the molecule is C[C@@H](Cc1cc(C(N)=O)c2c(ccn2CO)c1)NCCOc1cc(F)ccc1OCC(F)(F)F. The molecule has 4 N–H and O–H groups in total. The zero-order valence-electron chi connectivity index (χ0n) is 18.4. The minimum absolute atomic E-state index is 0.0566. The number of rotatable bonds is 11. The number of carbonyl (C=O) groups is 1. The highest BCUT2D eigenvalue weighted by Gasteiger charge is 2.29. The molecule has 1 amide bonds. The van der Waals surface area contributed by atoms with Crippen LogP contribution in [0.4, 0.5) is 17.6 Å². The summed E-state index contributed by atoms with van der Waals surface area (Å²) in [6.45, 7) is 0.495. The molecule has 1 atom stereocenters. The van der Waals surface area contributed by atoms with Gasteiger partial charge in [-0.15, -0.1) is 0 Å². The van der Waals surface area contributed by atoms with Crippen molar-refractivity contribution in [3.8, 4) is 11.5 Å². The van der Waals surface area contributed by atoms with E-state index in [9.17, 15) is 27.5 Å². The van der Waals surface area contributed by atoms with Crippen LogP contribution in [-0.2, 0) is 13.2 Å². The first-order valence-electron chi connectivity index (χ1n) is 10.4. The van der Waals surface area contributed by atoms with Gasteiger partial charge in [-0.25, -0.2) is 4.39 Å². The molecule has 11 heteroatoms. The number of nitrogens with zero attached hydrogens (tertiary/aromatic N) is 1. The fourth-order valence-electron chi connectivity index (χ4n) is 3.60. The van der Waals surface area contributed by atoms with Crippen LogP contribution in [0, 0.1) is 5.82 Å². The van der Waals surface area contributed by atoms with Crippen molar-refractivity contribution in [2.75, 3.05) is 19.8 Å². The van der Waals surface area contributed by atoms with Crippen molar-refractivity contribution in [2.24, 2.45) is 5.73 Å². The smallest absolute Gasteiger partial charge is 0.422 e. The highest BCUT2D eigenvalue weighted by atomic mass is 19.4. The summed E-state index contributed by atoms with van der Waals surface area (Å²) in [4.78, 5) is 11.9. The summed E-state index contributed by atoms with van der Waals surface area (Å²) in [5.41, 5.74) is 7.24. The third-order valence-corrected chi connectivity index (χ3v) is 5.03. The van der Waals surface area contributed by atoms with Gasteiger partial charge in [-0.3, -0.25) is 4.79 Å². The molecule has 184 valence electrons. The van der Waals surface area contributed by atoms with Crippen molar-refractivity contribution in [1.82, 2.24) is 9.88 Å². The van der Waals surface area contributed by atoms with Crippen molar-refractivity contribution in [3.63, 3.8) is 0 Å². The molecule has 1 aromatic heterocycles. The number of nitrogens with two attached hydrogens (primary N) is 1. The van der Waals surface area contributed by atoms with Crippen LogP contribution in [0.25, 0.3) is 10.9 Å². The second-order valence-electron chi connectivity index (χ2n) is 7.78. The van der Waals surface area contributed by atoms with E-state index in [1.807, 2.05) is 13.0 Å². The predicted octanol–water partition coefficient (Wildman–Crippen LogP) is 3.37. The Labute approximate surface area is 193 Å². The Bertz CT molecular complexity index is 1150. The Kier molecular flexibility index (Phi) is 8.00. The molecule has 0 aliphatic heterocycles. The van der Waals surface area contributed by atoms with Crippen molar-refractivity contribution >= 4 is 16.8 Å². The fourth-order valence-corrected chi connectivity index (χ4v) is 3.60. The number of ether oxygens (including phenoxy) is 2. The zero-order chi connectivity index (χ0) is 24.9. The second-order valence-corrected chi connectivity index (χ2v) is 7.78. The van der Waals surface area contributed by atoms with E-state index in [2.05, 4.69) is 5.32 Å². The third-order valence-electron chi connectivity index (χ3n) is 5.03. The molecule has 0 spiro atoms.